The molecule has 5 rings (SSSR count). The molecule has 0 atom stereocenters. The van der Waals surface area contributed by atoms with Crippen molar-refractivity contribution in [2.24, 2.45) is 7.05 Å². The van der Waals surface area contributed by atoms with Gasteiger partial charge in [-0.2, -0.15) is 0 Å². The minimum absolute atomic E-state index is 0.149. The van der Waals surface area contributed by atoms with Crippen molar-refractivity contribution in [3.8, 4) is 0 Å². The number of amides is 1. The zero-order valence-electron chi connectivity index (χ0n) is 19.7. The number of carbonyl (C=O) groups excluding carboxylic acids is 1. The Balaban J connectivity index is 1.28. The molecule has 0 saturated heterocycles. The minimum atomic E-state index is -0.569. The molecule has 7 nitrogen and oxygen atoms in total. The number of nitrogens with zero attached hydrogens (tertiary/aromatic N) is 2. The summed E-state index contributed by atoms with van der Waals surface area (Å²) < 4.78 is 2.86. The van der Waals surface area contributed by atoms with E-state index in [0.29, 0.717) is 23.1 Å². The second-order valence-electron chi connectivity index (χ2n) is 8.81. The summed E-state index contributed by atoms with van der Waals surface area (Å²) >= 11 is 0. The molecule has 7 heteroatoms. The van der Waals surface area contributed by atoms with Gasteiger partial charge < -0.3 is 14.9 Å². The fraction of sp³-hybridized carbons (Fsp3) is 0.179. The number of para-hydroxylation sites is 2. The molecule has 1 amide bonds. The van der Waals surface area contributed by atoms with Crippen molar-refractivity contribution >= 4 is 27.8 Å². The van der Waals surface area contributed by atoms with Gasteiger partial charge in [0.2, 0.25) is 0 Å². The number of fused-ring (bicyclic) bond motifs is 2. The van der Waals surface area contributed by atoms with E-state index in [1.165, 1.54) is 25.6 Å². The van der Waals surface area contributed by atoms with Gasteiger partial charge in [-0.15, -0.1) is 0 Å². The molecule has 2 N–H and O–H groups in total. The third-order valence-corrected chi connectivity index (χ3v) is 6.43. The monoisotopic (exact) mass is 466 g/mol. The van der Waals surface area contributed by atoms with Crippen LogP contribution in [0.3, 0.4) is 0 Å². The summed E-state index contributed by atoms with van der Waals surface area (Å²) in [5.41, 5.74) is 5.09. The predicted octanol–water partition coefficient (Wildman–Crippen LogP) is 3.51. The molecule has 0 radical (unpaired) electrons. The Labute approximate surface area is 201 Å². The Morgan fingerprint density at radius 3 is 2.46 bits per heavy atom. The molecule has 35 heavy (non-hydrogen) atoms. The van der Waals surface area contributed by atoms with Crippen LogP contribution in [0, 0.1) is 6.92 Å². The van der Waals surface area contributed by atoms with Crippen LogP contribution in [0.5, 0.6) is 0 Å². The molecule has 176 valence electrons. The van der Waals surface area contributed by atoms with Crippen LogP contribution in [-0.4, -0.2) is 26.6 Å². The first-order chi connectivity index (χ1) is 16.9. The van der Waals surface area contributed by atoms with Crippen LogP contribution in [-0.2, 0) is 20.0 Å². The molecule has 0 fully saturated rings. The van der Waals surface area contributed by atoms with Gasteiger partial charge in [-0.05, 0) is 60.9 Å². The number of H-pyrrole nitrogens is 1. The fourth-order valence-corrected chi connectivity index (χ4v) is 4.47. The largest absolute Gasteiger partial charge is 0.361 e. The summed E-state index contributed by atoms with van der Waals surface area (Å²) in [5, 5.41) is 4.16. The molecule has 0 aliphatic carbocycles. The molecular formula is C28H26N4O3. The van der Waals surface area contributed by atoms with Crippen LogP contribution >= 0.6 is 0 Å². The Morgan fingerprint density at radius 1 is 0.943 bits per heavy atom. The highest BCUT2D eigenvalue weighted by Crippen LogP contribution is 2.20. The summed E-state index contributed by atoms with van der Waals surface area (Å²) in [4.78, 5) is 41.0. The van der Waals surface area contributed by atoms with Gasteiger partial charge in [0.1, 0.15) is 0 Å². The Morgan fingerprint density at radius 2 is 1.69 bits per heavy atom. The van der Waals surface area contributed by atoms with Crippen LogP contribution in [0.15, 0.2) is 82.5 Å². The molecule has 0 aliphatic rings. The minimum Gasteiger partial charge on any atom is -0.361 e. The quantitative estimate of drug-likeness (QED) is 0.376. The first-order valence-electron chi connectivity index (χ1n) is 11.5. The van der Waals surface area contributed by atoms with E-state index in [4.69, 9.17) is 0 Å². The lowest BCUT2D eigenvalue weighted by Crippen LogP contribution is -2.40. The second-order valence-corrected chi connectivity index (χ2v) is 8.81. The van der Waals surface area contributed by atoms with Gasteiger partial charge in [0.25, 0.3) is 5.91 Å². The molecule has 0 spiro atoms. The molecule has 0 bridgehead atoms. The number of nitrogens with one attached hydrogen (secondary N) is 2. The van der Waals surface area contributed by atoms with Crippen molar-refractivity contribution in [1.82, 2.24) is 19.4 Å². The molecule has 5 aromatic rings. The predicted molar refractivity (Wildman–Crippen MR) is 138 cm³/mol. The van der Waals surface area contributed by atoms with Crippen molar-refractivity contribution < 1.29 is 4.79 Å². The number of aromatic nitrogens is 3. The van der Waals surface area contributed by atoms with Gasteiger partial charge in [-0.3, -0.25) is 19.0 Å². The number of carbonyl (C=O) groups is 1. The van der Waals surface area contributed by atoms with E-state index in [1.54, 1.807) is 19.2 Å². The van der Waals surface area contributed by atoms with Crippen molar-refractivity contribution in [2.75, 3.05) is 6.54 Å². The highest BCUT2D eigenvalue weighted by molar-refractivity contribution is 5.94. The van der Waals surface area contributed by atoms with Crippen LogP contribution in [0.1, 0.15) is 27.0 Å². The number of aryl methyl sites for hydroxylation is 2. The Hall–Kier alpha value is -4.39. The van der Waals surface area contributed by atoms with Crippen molar-refractivity contribution in [3.63, 3.8) is 0 Å². The Kier molecular flexibility index (Phi) is 5.82. The first kappa shape index (κ1) is 22.4. The summed E-state index contributed by atoms with van der Waals surface area (Å²) in [6.07, 6.45) is 2.72. The maximum Gasteiger partial charge on any atom is 0.317 e. The summed E-state index contributed by atoms with van der Waals surface area (Å²) in [7, 11) is 1.60. The number of aromatic amines is 1. The van der Waals surface area contributed by atoms with E-state index in [0.717, 1.165) is 17.5 Å². The topological polar surface area (TPSA) is 88.9 Å². The van der Waals surface area contributed by atoms with Crippen molar-refractivity contribution in [2.45, 2.75) is 19.9 Å². The average molecular weight is 467 g/mol. The highest BCUT2D eigenvalue weighted by Gasteiger charge is 2.12. The smallest absolute Gasteiger partial charge is 0.317 e. The molecule has 2 heterocycles. The van der Waals surface area contributed by atoms with Crippen LogP contribution in [0.4, 0.5) is 0 Å². The molecular weight excluding hydrogens is 440 g/mol. The van der Waals surface area contributed by atoms with E-state index in [-0.39, 0.29) is 12.5 Å². The maximum atomic E-state index is 12.7. The van der Waals surface area contributed by atoms with E-state index >= 15 is 0 Å². The van der Waals surface area contributed by atoms with Crippen molar-refractivity contribution in [1.29, 1.82) is 0 Å². The standard InChI is InChI=1S/C28H26N4O3/c1-18-7-12-23-22(15-18)21(16-30-23)13-14-29-26(33)20-10-8-19(9-11-20)17-32-25-6-4-3-5-24(25)31(2)27(34)28(32)35/h3-12,15-16,30H,13-14,17H2,1-2H3,(H,29,33). The summed E-state index contributed by atoms with van der Waals surface area (Å²) in [6, 6.07) is 20.7. The van der Waals surface area contributed by atoms with E-state index in [9.17, 15) is 14.4 Å². The van der Waals surface area contributed by atoms with E-state index < -0.39 is 11.1 Å². The normalized spacial score (nSPS) is 11.3. The molecule has 0 unspecified atom stereocenters. The molecule has 0 aliphatic heterocycles. The first-order valence-corrected chi connectivity index (χ1v) is 11.5. The summed E-state index contributed by atoms with van der Waals surface area (Å²) in [5.74, 6) is -0.149. The van der Waals surface area contributed by atoms with Gasteiger partial charge in [-0.1, -0.05) is 35.9 Å². The third-order valence-electron chi connectivity index (χ3n) is 6.43. The molecule has 2 aromatic heterocycles. The van der Waals surface area contributed by atoms with E-state index in [1.807, 2.05) is 42.6 Å². The van der Waals surface area contributed by atoms with E-state index in [2.05, 4.69) is 35.4 Å². The van der Waals surface area contributed by atoms with Gasteiger partial charge in [0, 0.05) is 36.3 Å². The van der Waals surface area contributed by atoms with Crippen LogP contribution in [0.25, 0.3) is 21.9 Å². The second kappa shape index (κ2) is 9.10. The number of benzene rings is 3. The maximum absolute atomic E-state index is 12.7. The molecule has 3 aromatic carbocycles. The molecule has 0 saturated carbocycles. The third kappa shape index (κ3) is 4.28. The van der Waals surface area contributed by atoms with Gasteiger partial charge >= 0.3 is 11.1 Å². The fourth-order valence-electron chi connectivity index (χ4n) is 4.47. The lowest BCUT2D eigenvalue weighted by Gasteiger charge is -2.13. The van der Waals surface area contributed by atoms with Crippen LogP contribution in [0.2, 0.25) is 0 Å². The zero-order valence-corrected chi connectivity index (χ0v) is 19.7. The summed E-state index contributed by atoms with van der Waals surface area (Å²) in [6.45, 7) is 2.84. The Bertz CT molecular complexity index is 1670. The average Bonchev–Trinajstić information content (AvgIpc) is 3.27. The highest BCUT2D eigenvalue weighted by atomic mass is 16.2. The number of hydrogen-bond acceptors (Lipinski definition) is 3. The van der Waals surface area contributed by atoms with Gasteiger partial charge in [0.05, 0.1) is 17.6 Å². The van der Waals surface area contributed by atoms with Gasteiger partial charge in [0.15, 0.2) is 0 Å². The number of rotatable bonds is 6. The van der Waals surface area contributed by atoms with Gasteiger partial charge in [-0.25, -0.2) is 0 Å². The van der Waals surface area contributed by atoms with Crippen molar-refractivity contribution in [3.05, 3.63) is 116 Å². The zero-order chi connectivity index (χ0) is 24.5. The number of hydrogen-bond donors (Lipinski definition) is 2. The van der Waals surface area contributed by atoms with Crippen LogP contribution < -0.4 is 16.4 Å². The lowest BCUT2D eigenvalue weighted by molar-refractivity contribution is 0.0954. The SMILES string of the molecule is Cc1ccc2[nH]cc(CCNC(=O)c3ccc(Cn4c(=O)c(=O)n(C)c5ccccc54)cc3)c2c1. The lowest BCUT2D eigenvalue weighted by atomic mass is 10.1.